The molecule has 0 saturated carbocycles. The van der Waals surface area contributed by atoms with Crippen LogP contribution in [0, 0.1) is 0 Å². The summed E-state index contributed by atoms with van der Waals surface area (Å²) < 4.78 is 2.06. The van der Waals surface area contributed by atoms with E-state index < -0.39 is 0 Å². The van der Waals surface area contributed by atoms with Crippen LogP contribution in [0.2, 0.25) is 0 Å². The van der Waals surface area contributed by atoms with Crippen molar-refractivity contribution in [3.63, 3.8) is 0 Å². The van der Waals surface area contributed by atoms with Gasteiger partial charge in [-0.2, -0.15) is 0 Å². The third-order valence-electron chi connectivity index (χ3n) is 2.21. The molecule has 4 heteroatoms. The summed E-state index contributed by atoms with van der Waals surface area (Å²) in [7, 11) is 2.03. The van der Waals surface area contributed by atoms with Crippen molar-refractivity contribution in [2.45, 2.75) is 6.04 Å². The molecule has 0 aliphatic carbocycles. The smallest absolute Gasteiger partial charge is 0.126 e. The topological polar surface area (TPSA) is 41.9 Å². The minimum Gasteiger partial charge on any atom is -0.337 e. The van der Waals surface area contributed by atoms with Crippen LogP contribution in [0.5, 0.6) is 0 Å². The molecule has 1 atom stereocenters. The molecule has 0 bridgehead atoms. The highest BCUT2D eigenvalue weighted by atomic mass is 15.1. The lowest BCUT2D eigenvalue weighted by molar-refractivity contribution is 0.408. The molecule has 1 aromatic rings. The second kappa shape index (κ2) is 3.25. The molecular weight excluding hydrogens is 152 g/mol. The number of nitrogens with zero attached hydrogens (tertiary/aromatic N) is 2. The zero-order valence-electron chi connectivity index (χ0n) is 7.25. The highest BCUT2D eigenvalue weighted by Gasteiger charge is 2.17. The van der Waals surface area contributed by atoms with Gasteiger partial charge in [0.1, 0.15) is 5.82 Å². The molecule has 1 aliphatic heterocycles. The maximum Gasteiger partial charge on any atom is 0.126 e. The Hall–Kier alpha value is -0.870. The molecule has 2 rings (SSSR count). The van der Waals surface area contributed by atoms with Gasteiger partial charge in [0.2, 0.25) is 0 Å². The molecule has 0 aromatic carbocycles. The van der Waals surface area contributed by atoms with Gasteiger partial charge in [0, 0.05) is 39.1 Å². The Bertz CT molecular complexity index is 249. The first-order chi connectivity index (χ1) is 5.88. The monoisotopic (exact) mass is 166 g/mol. The van der Waals surface area contributed by atoms with Crippen molar-refractivity contribution in [2.75, 3.05) is 19.6 Å². The van der Waals surface area contributed by atoms with Crippen molar-refractivity contribution >= 4 is 0 Å². The number of nitrogens with one attached hydrogen (secondary N) is 2. The van der Waals surface area contributed by atoms with Gasteiger partial charge in [0.05, 0.1) is 6.04 Å². The van der Waals surface area contributed by atoms with Crippen LogP contribution in [0.1, 0.15) is 11.9 Å². The van der Waals surface area contributed by atoms with Crippen molar-refractivity contribution in [3.8, 4) is 0 Å². The second-order valence-corrected chi connectivity index (χ2v) is 3.11. The van der Waals surface area contributed by atoms with E-state index in [2.05, 4.69) is 20.2 Å². The van der Waals surface area contributed by atoms with E-state index in [0.29, 0.717) is 6.04 Å². The van der Waals surface area contributed by atoms with Crippen LogP contribution in [-0.2, 0) is 7.05 Å². The molecule has 0 spiro atoms. The van der Waals surface area contributed by atoms with Crippen molar-refractivity contribution in [1.82, 2.24) is 20.2 Å². The van der Waals surface area contributed by atoms with Gasteiger partial charge in [0.15, 0.2) is 0 Å². The Morgan fingerprint density at radius 3 is 3.08 bits per heavy atom. The summed E-state index contributed by atoms with van der Waals surface area (Å²) in [6, 6.07) is 0.374. The summed E-state index contributed by atoms with van der Waals surface area (Å²) in [6.45, 7) is 3.06. The summed E-state index contributed by atoms with van der Waals surface area (Å²) in [5, 5.41) is 6.75. The van der Waals surface area contributed by atoms with Gasteiger partial charge in [-0.1, -0.05) is 0 Å². The first kappa shape index (κ1) is 7.76. The molecular formula is C8H14N4. The molecule has 12 heavy (non-hydrogen) atoms. The quantitative estimate of drug-likeness (QED) is 0.599. The van der Waals surface area contributed by atoms with Crippen LogP contribution in [-0.4, -0.2) is 29.2 Å². The predicted molar refractivity (Wildman–Crippen MR) is 46.8 cm³/mol. The summed E-state index contributed by atoms with van der Waals surface area (Å²) in [6.07, 6.45) is 3.82. The van der Waals surface area contributed by atoms with E-state index in [-0.39, 0.29) is 0 Å². The van der Waals surface area contributed by atoms with E-state index in [1.165, 1.54) is 0 Å². The van der Waals surface area contributed by atoms with Gasteiger partial charge in [-0.25, -0.2) is 4.98 Å². The normalized spacial score (nSPS) is 24.2. The van der Waals surface area contributed by atoms with E-state index in [4.69, 9.17) is 0 Å². The SMILES string of the molecule is Cn1ccnc1C1CNCCN1. The molecule has 1 saturated heterocycles. The van der Waals surface area contributed by atoms with Gasteiger partial charge in [-0.3, -0.25) is 0 Å². The molecule has 1 aliphatic rings. The van der Waals surface area contributed by atoms with Gasteiger partial charge in [-0.05, 0) is 0 Å². The van der Waals surface area contributed by atoms with E-state index in [0.717, 1.165) is 25.5 Å². The lowest BCUT2D eigenvalue weighted by Gasteiger charge is -2.23. The van der Waals surface area contributed by atoms with Crippen molar-refractivity contribution in [1.29, 1.82) is 0 Å². The van der Waals surface area contributed by atoms with Crippen LogP contribution in [0.3, 0.4) is 0 Å². The van der Waals surface area contributed by atoms with E-state index in [9.17, 15) is 0 Å². The number of rotatable bonds is 1. The van der Waals surface area contributed by atoms with Crippen LogP contribution < -0.4 is 10.6 Å². The average Bonchev–Trinajstić information content (AvgIpc) is 2.53. The third kappa shape index (κ3) is 1.35. The lowest BCUT2D eigenvalue weighted by atomic mass is 10.2. The summed E-state index contributed by atoms with van der Waals surface area (Å²) >= 11 is 0. The molecule has 1 unspecified atom stereocenters. The second-order valence-electron chi connectivity index (χ2n) is 3.11. The van der Waals surface area contributed by atoms with Gasteiger partial charge < -0.3 is 15.2 Å². The van der Waals surface area contributed by atoms with Crippen molar-refractivity contribution in [2.24, 2.45) is 7.05 Å². The summed E-state index contributed by atoms with van der Waals surface area (Å²) in [4.78, 5) is 4.30. The molecule has 4 nitrogen and oxygen atoms in total. The number of imidazole rings is 1. The van der Waals surface area contributed by atoms with Crippen LogP contribution in [0.4, 0.5) is 0 Å². The van der Waals surface area contributed by atoms with Crippen molar-refractivity contribution in [3.05, 3.63) is 18.2 Å². The average molecular weight is 166 g/mol. The van der Waals surface area contributed by atoms with Gasteiger partial charge >= 0.3 is 0 Å². The van der Waals surface area contributed by atoms with Crippen LogP contribution >= 0.6 is 0 Å². The van der Waals surface area contributed by atoms with E-state index in [1.807, 2.05) is 19.4 Å². The van der Waals surface area contributed by atoms with E-state index in [1.54, 1.807) is 0 Å². The summed E-state index contributed by atoms with van der Waals surface area (Å²) in [5.74, 6) is 1.11. The first-order valence-corrected chi connectivity index (χ1v) is 4.29. The Kier molecular flexibility index (Phi) is 2.10. The first-order valence-electron chi connectivity index (χ1n) is 4.29. The molecule has 0 radical (unpaired) electrons. The number of hydrogen-bond acceptors (Lipinski definition) is 3. The third-order valence-corrected chi connectivity index (χ3v) is 2.21. The highest BCUT2D eigenvalue weighted by molar-refractivity contribution is 5.00. The largest absolute Gasteiger partial charge is 0.337 e. The Morgan fingerprint density at radius 1 is 1.58 bits per heavy atom. The van der Waals surface area contributed by atoms with E-state index >= 15 is 0 Å². The zero-order valence-corrected chi connectivity index (χ0v) is 7.25. The number of piperazine rings is 1. The molecule has 66 valence electrons. The number of aryl methyl sites for hydroxylation is 1. The molecule has 0 amide bonds. The molecule has 2 heterocycles. The minimum atomic E-state index is 0.374. The Morgan fingerprint density at radius 2 is 2.50 bits per heavy atom. The maximum atomic E-state index is 4.30. The van der Waals surface area contributed by atoms with Crippen LogP contribution in [0.25, 0.3) is 0 Å². The summed E-state index contributed by atoms with van der Waals surface area (Å²) in [5.41, 5.74) is 0. The minimum absolute atomic E-state index is 0.374. The van der Waals surface area contributed by atoms with Gasteiger partial charge in [0.25, 0.3) is 0 Å². The maximum absolute atomic E-state index is 4.30. The predicted octanol–water partition coefficient (Wildman–Crippen LogP) is -0.346. The fraction of sp³-hybridized carbons (Fsp3) is 0.625. The zero-order chi connectivity index (χ0) is 8.39. The fourth-order valence-corrected chi connectivity index (χ4v) is 1.55. The standard InChI is InChI=1S/C8H14N4/c1-12-5-4-11-8(12)7-6-9-2-3-10-7/h4-5,7,9-10H,2-3,6H2,1H3. The molecule has 1 aromatic heterocycles. The Balaban J connectivity index is 2.13. The number of hydrogen-bond donors (Lipinski definition) is 2. The molecule has 2 N–H and O–H groups in total. The Labute approximate surface area is 72.0 Å². The number of aromatic nitrogens is 2. The van der Waals surface area contributed by atoms with Gasteiger partial charge in [-0.15, -0.1) is 0 Å². The van der Waals surface area contributed by atoms with Crippen molar-refractivity contribution < 1.29 is 0 Å². The molecule has 1 fully saturated rings. The van der Waals surface area contributed by atoms with Crippen LogP contribution in [0.15, 0.2) is 12.4 Å². The highest BCUT2D eigenvalue weighted by Crippen LogP contribution is 2.09. The fourth-order valence-electron chi connectivity index (χ4n) is 1.55. The lowest BCUT2D eigenvalue weighted by Crippen LogP contribution is -2.43.